The number of hydrogen-bond acceptors (Lipinski definition) is 3. The summed E-state index contributed by atoms with van der Waals surface area (Å²) < 4.78 is 0. The first-order valence-electron chi connectivity index (χ1n) is 7.58. The molecule has 1 aromatic rings. The highest BCUT2D eigenvalue weighted by molar-refractivity contribution is 5.02. The lowest BCUT2D eigenvalue weighted by molar-refractivity contribution is -0.0466. The Morgan fingerprint density at radius 2 is 1.79 bits per heavy atom. The van der Waals surface area contributed by atoms with E-state index in [2.05, 4.69) is 15.2 Å². The van der Waals surface area contributed by atoms with Crippen LogP contribution in [0.3, 0.4) is 0 Å². The van der Waals surface area contributed by atoms with Crippen molar-refractivity contribution in [1.29, 1.82) is 0 Å². The van der Waals surface area contributed by atoms with Gasteiger partial charge in [-0.1, -0.05) is 0 Å². The first kappa shape index (κ1) is 11.7. The van der Waals surface area contributed by atoms with Crippen molar-refractivity contribution < 1.29 is 0 Å². The third-order valence-electron chi connectivity index (χ3n) is 5.77. The van der Waals surface area contributed by atoms with E-state index in [0.717, 1.165) is 23.7 Å². The number of H-pyrrole nitrogens is 2. The molecule has 4 aliphatic carbocycles. The molecule has 4 N–H and O–H groups in total. The summed E-state index contributed by atoms with van der Waals surface area (Å²) in [6.45, 7) is 0. The first-order chi connectivity index (χ1) is 9.19. The Hall–Kier alpha value is -1.10. The monoisotopic (exact) mass is 262 g/mol. The number of nitrogens with one attached hydrogen (secondary N) is 2. The summed E-state index contributed by atoms with van der Waals surface area (Å²) in [6, 6.07) is 0.147. The van der Waals surface area contributed by atoms with Crippen LogP contribution in [0.15, 0.2) is 4.79 Å². The van der Waals surface area contributed by atoms with E-state index in [9.17, 15) is 4.79 Å². The lowest BCUT2D eigenvalue weighted by Crippen LogP contribution is -2.52. The molecule has 0 amide bonds. The molecule has 104 valence electrons. The molecule has 1 heterocycles. The number of hydrogen-bond donors (Lipinski definition) is 3. The average molecular weight is 262 g/mol. The summed E-state index contributed by atoms with van der Waals surface area (Å²) in [5.41, 5.74) is 6.23. The molecular weight excluding hydrogens is 240 g/mol. The molecule has 0 aliphatic heterocycles. The Morgan fingerprint density at radius 3 is 2.32 bits per heavy atom. The van der Waals surface area contributed by atoms with Gasteiger partial charge >= 0.3 is 5.69 Å². The normalized spacial score (nSPS) is 41.6. The van der Waals surface area contributed by atoms with Crippen LogP contribution in [0.1, 0.15) is 37.9 Å². The quantitative estimate of drug-likeness (QED) is 0.760. The predicted molar refractivity (Wildman–Crippen MR) is 71.4 cm³/mol. The first-order valence-corrected chi connectivity index (χ1v) is 7.58. The molecular formula is C14H22N4O. The van der Waals surface area contributed by atoms with Crippen LogP contribution in [-0.2, 0) is 6.42 Å². The second-order valence-electron chi connectivity index (χ2n) is 7.00. The van der Waals surface area contributed by atoms with Gasteiger partial charge in [0.15, 0.2) is 0 Å². The summed E-state index contributed by atoms with van der Waals surface area (Å²) in [5, 5.41) is 6.42. The molecule has 5 heteroatoms. The molecule has 0 spiro atoms. The van der Waals surface area contributed by atoms with Crippen LogP contribution >= 0.6 is 0 Å². The molecule has 0 radical (unpaired) electrons. The minimum Gasteiger partial charge on any atom is -0.327 e. The summed E-state index contributed by atoms with van der Waals surface area (Å²) >= 11 is 0. The number of rotatable bonds is 3. The van der Waals surface area contributed by atoms with Crippen molar-refractivity contribution in [2.75, 3.05) is 0 Å². The van der Waals surface area contributed by atoms with Gasteiger partial charge in [0.25, 0.3) is 0 Å². The number of aromatic amines is 2. The van der Waals surface area contributed by atoms with Gasteiger partial charge in [0.1, 0.15) is 5.82 Å². The van der Waals surface area contributed by atoms with E-state index >= 15 is 0 Å². The second kappa shape index (κ2) is 4.20. The van der Waals surface area contributed by atoms with Gasteiger partial charge in [0.05, 0.1) is 0 Å². The molecule has 1 aromatic heterocycles. The Balaban J connectivity index is 1.51. The van der Waals surface area contributed by atoms with Crippen molar-refractivity contribution in [3.05, 3.63) is 16.3 Å². The predicted octanol–water partition coefficient (Wildman–Crippen LogP) is 1.04. The topological polar surface area (TPSA) is 87.6 Å². The summed E-state index contributed by atoms with van der Waals surface area (Å²) in [5.74, 6) is 4.99. The largest absolute Gasteiger partial charge is 0.340 e. The highest BCUT2D eigenvalue weighted by atomic mass is 16.1. The number of nitrogens with two attached hydrogens (primary N) is 1. The van der Waals surface area contributed by atoms with Gasteiger partial charge in [-0.25, -0.2) is 9.89 Å². The Labute approximate surface area is 112 Å². The number of aromatic nitrogens is 3. The minimum absolute atomic E-state index is 0.147. The molecule has 0 aromatic carbocycles. The van der Waals surface area contributed by atoms with Crippen LogP contribution in [0.2, 0.25) is 0 Å². The average Bonchev–Trinajstić information content (AvgIpc) is 2.73. The van der Waals surface area contributed by atoms with Crippen molar-refractivity contribution in [3.63, 3.8) is 0 Å². The fourth-order valence-electron chi connectivity index (χ4n) is 5.43. The smallest absolute Gasteiger partial charge is 0.327 e. The van der Waals surface area contributed by atoms with Gasteiger partial charge in [-0.05, 0) is 61.7 Å². The standard InChI is InChI=1S/C14H22N4O/c15-11(6-12-16-14(19)18-17-12)13-9-2-7-1-8(4-9)5-10(13)3-7/h7-11,13H,1-6,15H2,(H2,16,17,18,19). The van der Waals surface area contributed by atoms with Crippen molar-refractivity contribution in [1.82, 2.24) is 15.2 Å². The third kappa shape index (κ3) is 1.95. The van der Waals surface area contributed by atoms with Gasteiger partial charge in [-0.2, -0.15) is 5.10 Å². The molecule has 5 nitrogen and oxygen atoms in total. The van der Waals surface area contributed by atoms with Gasteiger partial charge in [0.2, 0.25) is 0 Å². The molecule has 5 rings (SSSR count). The second-order valence-corrected chi connectivity index (χ2v) is 7.00. The Morgan fingerprint density at radius 1 is 1.16 bits per heavy atom. The molecule has 1 atom stereocenters. The van der Waals surface area contributed by atoms with Gasteiger partial charge in [-0.15, -0.1) is 0 Å². The van der Waals surface area contributed by atoms with Crippen molar-refractivity contribution in [2.45, 2.75) is 44.6 Å². The van der Waals surface area contributed by atoms with Crippen molar-refractivity contribution in [3.8, 4) is 0 Å². The molecule has 4 bridgehead atoms. The van der Waals surface area contributed by atoms with Crippen molar-refractivity contribution in [2.24, 2.45) is 35.3 Å². The fourth-order valence-corrected chi connectivity index (χ4v) is 5.43. The zero-order chi connectivity index (χ0) is 13.0. The van der Waals surface area contributed by atoms with Crippen LogP contribution < -0.4 is 11.4 Å². The van der Waals surface area contributed by atoms with E-state index in [4.69, 9.17) is 5.73 Å². The fraction of sp³-hybridized carbons (Fsp3) is 0.857. The van der Waals surface area contributed by atoms with E-state index in [1.807, 2.05) is 0 Å². The highest BCUT2D eigenvalue weighted by Gasteiger charge is 2.49. The van der Waals surface area contributed by atoms with Gasteiger partial charge in [0, 0.05) is 12.5 Å². The molecule has 4 fully saturated rings. The van der Waals surface area contributed by atoms with Crippen LogP contribution in [0.5, 0.6) is 0 Å². The maximum Gasteiger partial charge on any atom is 0.340 e. The zero-order valence-electron chi connectivity index (χ0n) is 11.1. The Bertz CT molecular complexity index is 492. The lowest BCUT2D eigenvalue weighted by atomic mass is 9.50. The number of nitrogens with zero attached hydrogens (tertiary/aromatic N) is 1. The SMILES string of the molecule is NC(Cc1n[nH]c(=O)[nH]1)C1C2CC3CC(C2)CC1C3. The molecule has 4 saturated carbocycles. The minimum atomic E-state index is -0.229. The van der Waals surface area contributed by atoms with E-state index in [-0.39, 0.29) is 11.7 Å². The van der Waals surface area contributed by atoms with Crippen molar-refractivity contribution >= 4 is 0 Å². The van der Waals surface area contributed by atoms with Crippen LogP contribution in [0.4, 0.5) is 0 Å². The van der Waals surface area contributed by atoms with Crippen LogP contribution in [-0.4, -0.2) is 21.2 Å². The highest BCUT2D eigenvalue weighted by Crippen LogP contribution is 2.57. The maximum atomic E-state index is 11.1. The molecule has 0 saturated heterocycles. The van der Waals surface area contributed by atoms with E-state index < -0.39 is 0 Å². The zero-order valence-corrected chi connectivity index (χ0v) is 11.1. The maximum absolute atomic E-state index is 11.1. The van der Waals surface area contributed by atoms with E-state index in [0.29, 0.717) is 18.2 Å². The third-order valence-corrected chi connectivity index (χ3v) is 5.77. The van der Waals surface area contributed by atoms with Gasteiger partial charge < -0.3 is 5.73 Å². The van der Waals surface area contributed by atoms with Gasteiger partial charge in [-0.3, -0.25) is 4.98 Å². The summed E-state index contributed by atoms with van der Waals surface area (Å²) in [6.07, 6.45) is 7.74. The van der Waals surface area contributed by atoms with Crippen LogP contribution in [0, 0.1) is 29.6 Å². The summed E-state index contributed by atoms with van der Waals surface area (Å²) in [4.78, 5) is 13.8. The Kier molecular flexibility index (Phi) is 2.59. The molecule has 19 heavy (non-hydrogen) atoms. The van der Waals surface area contributed by atoms with Crippen LogP contribution in [0.25, 0.3) is 0 Å². The molecule has 4 aliphatic rings. The van der Waals surface area contributed by atoms with E-state index in [1.54, 1.807) is 0 Å². The van der Waals surface area contributed by atoms with E-state index in [1.165, 1.54) is 32.1 Å². The summed E-state index contributed by atoms with van der Waals surface area (Å²) in [7, 11) is 0. The lowest BCUT2D eigenvalue weighted by Gasteiger charge is -2.56. The molecule has 1 unspecified atom stereocenters.